The molecule has 0 atom stereocenters. The molecule has 1 fully saturated rings. The molecule has 3 heterocycles. The maximum absolute atomic E-state index is 13.0. The quantitative estimate of drug-likeness (QED) is 0.752. The van der Waals surface area contributed by atoms with Gasteiger partial charge in [0.15, 0.2) is 0 Å². The van der Waals surface area contributed by atoms with Gasteiger partial charge in [-0.1, -0.05) is 18.7 Å². The van der Waals surface area contributed by atoms with Crippen molar-refractivity contribution in [2.75, 3.05) is 36.8 Å². The third-order valence-electron chi connectivity index (χ3n) is 4.86. The molecule has 2 N–H and O–H groups in total. The van der Waals surface area contributed by atoms with E-state index in [2.05, 4.69) is 21.4 Å². The predicted octanol–water partition coefficient (Wildman–Crippen LogP) is 3.38. The summed E-state index contributed by atoms with van der Waals surface area (Å²) in [7, 11) is 0. The van der Waals surface area contributed by atoms with Crippen LogP contribution in [0.4, 0.5) is 16.4 Å². The molecule has 31 heavy (non-hydrogen) atoms. The van der Waals surface area contributed by atoms with Gasteiger partial charge in [0.1, 0.15) is 22.9 Å². The van der Waals surface area contributed by atoms with Gasteiger partial charge in [-0.2, -0.15) is 0 Å². The van der Waals surface area contributed by atoms with E-state index in [1.54, 1.807) is 35.4 Å². The Morgan fingerprint density at radius 3 is 2.68 bits per heavy atom. The van der Waals surface area contributed by atoms with Crippen LogP contribution in [0.3, 0.4) is 0 Å². The van der Waals surface area contributed by atoms with Crippen LogP contribution in [0.1, 0.15) is 48.8 Å². The second-order valence-electron chi connectivity index (χ2n) is 8.42. The summed E-state index contributed by atoms with van der Waals surface area (Å²) in [6.45, 7) is 11.7. The number of amides is 1. The van der Waals surface area contributed by atoms with Crippen molar-refractivity contribution in [2.24, 2.45) is 0 Å². The van der Waals surface area contributed by atoms with Gasteiger partial charge in [-0.15, -0.1) is 0 Å². The number of rotatable bonds is 4. The Kier molecular flexibility index (Phi) is 6.58. The van der Waals surface area contributed by atoms with Crippen LogP contribution in [-0.4, -0.2) is 58.5 Å². The summed E-state index contributed by atoms with van der Waals surface area (Å²) >= 11 is 0. The smallest absolute Gasteiger partial charge is 0.410 e. The van der Waals surface area contributed by atoms with Gasteiger partial charge < -0.3 is 20.3 Å². The largest absolute Gasteiger partial charge is 0.444 e. The molecule has 0 radical (unpaired) electrons. The number of hydrogen-bond acceptors (Lipinski definition) is 7. The van der Waals surface area contributed by atoms with E-state index in [1.165, 1.54) is 0 Å². The van der Waals surface area contributed by atoms with Crippen molar-refractivity contribution in [1.82, 2.24) is 14.9 Å². The lowest BCUT2D eigenvalue weighted by Gasteiger charge is -2.26. The minimum absolute atomic E-state index is 0.158. The molecule has 0 spiro atoms. The average Bonchev–Trinajstić information content (AvgIpc) is 2.99. The fraction of sp³-hybridized carbons (Fsp3) is 0.391. The van der Waals surface area contributed by atoms with Gasteiger partial charge in [-0.25, -0.2) is 14.8 Å². The Balaban J connectivity index is 1.75. The average molecular weight is 424 g/mol. The van der Waals surface area contributed by atoms with E-state index in [4.69, 9.17) is 10.5 Å². The number of carbonyl (C=O) groups is 2. The fourth-order valence-electron chi connectivity index (χ4n) is 3.30. The van der Waals surface area contributed by atoms with Crippen LogP contribution in [0, 0.1) is 0 Å². The summed E-state index contributed by atoms with van der Waals surface area (Å²) in [6.07, 6.45) is 3.64. The van der Waals surface area contributed by atoms with Gasteiger partial charge in [-0.05, 0) is 51.0 Å². The highest BCUT2D eigenvalue weighted by atomic mass is 16.6. The molecule has 1 aliphatic rings. The molecule has 0 bridgehead atoms. The van der Waals surface area contributed by atoms with E-state index in [1.807, 2.05) is 26.8 Å². The number of anilines is 2. The lowest BCUT2D eigenvalue weighted by Crippen LogP contribution is -2.39. The van der Waals surface area contributed by atoms with Crippen molar-refractivity contribution >= 4 is 29.6 Å². The summed E-state index contributed by atoms with van der Waals surface area (Å²) in [5.74, 6) is 0.551. The number of hydrogen-bond donors (Lipinski definition) is 1. The highest BCUT2D eigenvalue weighted by molar-refractivity contribution is 6.10. The zero-order valence-electron chi connectivity index (χ0n) is 18.3. The molecule has 2 aromatic heterocycles. The van der Waals surface area contributed by atoms with Crippen LogP contribution >= 0.6 is 0 Å². The van der Waals surface area contributed by atoms with Crippen molar-refractivity contribution in [3.63, 3.8) is 0 Å². The number of nitrogens with two attached hydrogens (primary N) is 1. The van der Waals surface area contributed by atoms with Crippen molar-refractivity contribution in [2.45, 2.75) is 32.8 Å². The van der Waals surface area contributed by atoms with Gasteiger partial charge in [0, 0.05) is 32.4 Å². The molecule has 8 nitrogen and oxygen atoms in total. The molecule has 1 saturated heterocycles. The van der Waals surface area contributed by atoms with Crippen LogP contribution in [0.2, 0.25) is 0 Å². The molecule has 8 heteroatoms. The third-order valence-corrected chi connectivity index (χ3v) is 4.86. The van der Waals surface area contributed by atoms with Crippen LogP contribution in [0.15, 0.2) is 37.0 Å². The van der Waals surface area contributed by atoms with Gasteiger partial charge in [0.2, 0.25) is 5.78 Å². The molecule has 0 saturated carbocycles. The van der Waals surface area contributed by atoms with Crippen LogP contribution in [0.25, 0.3) is 6.08 Å². The summed E-state index contributed by atoms with van der Waals surface area (Å²) in [5, 5.41) is 0. The normalized spacial score (nSPS) is 14.7. The van der Waals surface area contributed by atoms with Gasteiger partial charge in [0.05, 0.1) is 5.56 Å². The first kappa shape index (κ1) is 22.3. The number of ketones is 1. The number of carbonyl (C=O) groups excluding carboxylic acids is 2. The maximum Gasteiger partial charge on any atom is 0.410 e. The maximum atomic E-state index is 13.0. The van der Waals surface area contributed by atoms with Crippen molar-refractivity contribution in [1.29, 1.82) is 0 Å². The number of pyridine rings is 2. The molecule has 3 rings (SSSR count). The highest BCUT2D eigenvalue weighted by Crippen LogP contribution is 2.20. The first-order valence-electron chi connectivity index (χ1n) is 10.3. The fourth-order valence-corrected chi connectivity index (χ4v) is 3.30. The zero-order valence-corrected chi connectivity index (χ0v) is 18.3. The van der Waals surface area contributed by atoms with Gasteiger partial charge >= 0.3 is 6.09 Å². The second-order valence-corrected chi connectivity index (χ2v) is 8.42. The molecular formula is C23H29N5O3. The summed E-state index contributed by atoms with van der Waals surface area (Å²) in [4.78, 5) is 37.8. The number of nitrogens with zero attached hydrogens (tertiary/aromatic N) is 4. The molecule has 164 valence electrons. The molecule has 0 unspecified atom stereocenters. The molecule has 1 aliphatic heterocycles. The number of aromatic nitrogens is 2. The van der Waals surface area contributed by atoms with E-state index in [9.17, 15) is 9.59 Å². The van der Waals surface area contributed by atoms with E-state index < -0.39 is 5.60 Å². The minimum Gasteiger partial charge on any atom is -0.444 e. The topological polar surface area (TPSA) is 102 Å². The van der Waals surface area contributed by atoms with Crippen LogP contribution in [0.5, 0.6) is 0 Å². The number of nitrogen functional groups attached to an aromatic ring is 1. The summed E-state index contributed by atoms with van der Waals surface area (Å²) in [5.41, 5.74) is 6.69. The van der Waals surface area contributed by atoms with Gasteiger partial charge in [-0.3, -0.25) is 4.79 Å². The molecule has 0 aliphatic carbocycles. The lowest BCUT2D eigenvalue weighted by atomic mass is 10.1. The zero-order chi connectivity index (χ0) is 22.6. The Labute approximate surface area is 182 Å². The summed E-state index contributed by atoms with van der Waals surface area (Å²) < 4.78 is 5.49. The molecule has 2 aromatic rings. The predicted molar refractivity (Wildman–Crippen MR) is 121 cm³/mol. The third kappa shape index (κ3) is 5.59. The van der Waals surface area contributed by atoms with Crippen LogP contribution in [-0.2, 0) is 4.74 Å². The van der Waals surface area contributed by atoms with Crippen LogP contribution < -0.4 is 10.6 Å². The highest BCUT2D eigenvalue weighted by Gasteiger charge is 2.25. The Morgan fingerprint density at radius 2 is 1.97 bits per heavy atom. The van der Waals surface area contributed by atoms with Gasteiger partial charge in [0.25, 0.3) is 0 Å². The van der Waals surface area contributed by atoms with E-state index in [0.29, 0.717) is 42.3 Å². The van der Waals surface area contributed by atoms with Crippen molar-refractivity contribution < 1.29 is 14.3 Å². The van der Waals surface area contributed by atoms with Crippen molar-refractivity contribution in [3.05, 3.63) is 53.9 Å². The SMILES string of the molecule is C=Cc1cnc(N)c(C(=O)c2cccc(N3CCCN(C(=O)OC(C)(C)C)CC3)n2)c1. The van der Waals surface area contributed by atoms with E-state index >= 15 is 0 Å². The Hall–Kier alpha value is -3.42. The first-order chi connectivity index (χ1) is 14.7. The second kappa shape index (κ2) is 9.16. The molecular weight excluding hydrogens is 394 g/mol. The van der Waals surface area contributed by atoms with Crippen molar-refractivity contribution in [3.8, 4) is 0 Å². The van der Waals surface area contributed by atoms with E-state index in [-0.39, 0.29) is 17.7 Å². The molecule has 0 aromatic carbocycles. The van der Waals surface area contributed by atoms with E-state index in [0.717, 1.165) is 13.0 Å². The Morgan fingerprint density at radius 1 is 1.19 bits per heavy atom. The standard InChI is InChI=1S/C23H29N5O3/c1-5-16-14-17(21(24)25-15-16)20(29)18-8-6-9-19(26-18)27-10-7-11-28(13-12-27)22(30)31-23(2,3)4/h5-6,8-9,14-15H,1,7,10-13H2,2-4H3,(H2,24,25). The minimum atomic E-state index is -0.529. The summed E-state index contributed by atoms with van der Waals surface area (Å²) in [6, 6.07) is 6.99. The molecule has 1 amide bonds. The first-order valence-corrected chi connectivity index (χ1v) is 10.3. The monoisotopic (exact) mass is 423 g/mol. The lowest BCUT2D eigenvalue weighted by molar-refractivity contribution is 0.0263. The number of ether oxygens (including phenoxy) is 1. The Bertz CT molecular complexity index is 983.